The first-order chi connectivity index (χ1) is 6.92. The molecule has 0 aromatic carbocycles. The van der Waals surface area contributed by atoms with Gasteiger partial charge in [0.1, 0.15) is 6.07 Å². The maximum atomic E-state index is 8.77. The Bertz CT molecular complexity index is 411. The van der Waals surface area contributed by atoms with Crippen molar-refractivity contribution in [3.8, 4) is 6.07 Å². The first-order valence-corrected chi connectivity index (χ1v) is 7.98. The summed E-state index contributed by atoms with van der Waals surface area (Å²) in [7, 11) is 0.122. The largest absolute Gasteiger partial charge is 0.456 e. The van der Waals surface area contributed by atoms with Crippen molar-refractivity contribution >= 4 is 14.5 Å². The summed E-state index contributed by atoms with van der Waals surface area (Å²) in [6.45, 7) is 6.12. The van der Waals surface area contributed by atoms with Crippen LogP contribution < -0.4 is 0 Å². The Balaban J connectivity index is 2.77. The average Bonchev–Trinajstić information content (AvgIpc) is 2.44. The van der Waals surface area contributed by atoms with Crippen molar-refractivity contribution in [1.29, 1.82) is 5.26 Å². The topological polar surface area (TPSA) is 63.2 Å². The Morgan fingerprint density at radius 1 is 1.60 bits per heavy atom. The predicted octanol–water partition coefficient (Wildman–Crippen LogP) is 1.48. The van der Waals surface area contributed by atoms with Crippen LogP contribution in [0.15, 0.2) is 11.4 Å². The van der Waals surface area contributed by atoms with Crippen LogP contribution in [0.2, 0.25) is 19.6 Å². The summed E-state index contributed by atoms with van der Waals surface area (Å²) in [5, 5.41) is 16.6. The molecular formula is C9H14N4OSi. The molecule has 1 rings (SSSR count). The van der Waals surface area contributed by atoms with Gasteiger partial charge in [-0.05, 0) is 19.6 Å². The number of rotatable bonds is 3. The third-order valence-electron chi connectivity index (χ3n) is 1.48. The molecule has 0 spiro atoms. The maximum Gasteiger partial charge on any atom is 0.278 e. The summed E-state index contributed by atoms with van der Waals surface area (Å²) in [6.07, 6.45) is 3.26. The summed E-state index contributed by atoms with van der Waals surface area (Å²) in [5.41, 5.74) is 1.04. The van der Waals surface area contributed by atoms with Crippen molar-refractivity contribution in [3.05, 3.63) is 17.5 Å². The Morgan fingerprint density at radius 3 is 2.80 bits per heavy atom. The highest BCUT2D eigenvalue weighted by molar-refractivity contribution is 6.69. The Morgan fingerprint density at radius 2 is 2.27 bits per heavy atom. The lowest BCUT2D eigenvalue weighted by Gasteiger charge is -2.11. The third-order valence-corrected chi connectivity index (χ3v) is 2.13. The predicted molar refractivity (Wildman–Crippen MR) is 59.9 cm³/mol. The fraction of sp³-hybridized carbons (Fsp3) is 0.444. The number of hydrogen-bond acceptors (Lipinski definition) is 4. The molecule has 1 aromatic rings. The van der Waals surface area contributed by atoms with Crippen LogP contribution in [0, 0.1) is 11.3 Å². The van der Waals surface area contributed by atoms with Gasteiger partial charge in [0, 0.05) is 13.2 Å². The molecule has 0 amide bonds. The van der Waals surface area contributed by atoms with Crippen LogP contribution in [0.3, 0.4) is 0 Å². The second-order valence-corrected chi connectivity index (χ2v) is 8.56. The van der Waals surface area contributed by atoms with Crippen molar-refractivity contribution in [2.45, 2.75) is 19.6 Å². The fourth-order valence-corrected chi connectivity index (χ4v) is 1.30. The van der Waals surface area contributed by atoms with Gasteiger partial charge in [-0.15, -0.1) is 5.16 Å². The Labute approximate surface area is 90.1 Å². The highest BCUT2D eigenvalue weighted by Gasteiger charge is 2.15. The SMILES string of the molecule is Cn1cc(/C=N/O[Si](C)(C)C)c(C#N)n1. The van der Waals surface area contributed by atoms with Crippen LogP contribution in [-0.2, 0) is 11.6 Å². The van der Waals surface area contributed by atoms with Crippen molar-refractivity contribution in [1.82, 2.24) is 9.78 Å². The molecule has 5 nitrogen and oxygen atoms in total. The molecule has 1 heterocycles. The van der Waals surface area contributed by atoms with Gasteiger partial charge in [-0.1, -0.05) is 0 Å². The van der Waals surface area contributed by atoms with Crippen LogP contribution >= 0.6 is 0 Å². The summed E-state index contributed by atoms with van der Waals surface area (Å²) in [5.74, 6) is 0. The lowest BCUT2D eigenvalue weighted by Crippen LogP contribution is -2.22. The number of nitriles is 1. The number of aryl methyl sites for hydroxylation is 1. The fourth-order valence-electron chi connectivity index (χ4n) is 0.929. The highest BCUT2D eigenvalue weighted by Crippen LogP contribution is 2.05. The lowest BCUT2D eigenvalue weighted by molar-refractivity contribution is 0.338. The quantitative estimate of drug-likeness (QED) is 0.442. The van der Waals surface area contributed by atoms with Gasteiger partial charge in [-0.3, -0.25) is 4.68 Å². The number of hydrogen-bond donors (Lipinski definition) is 0. The standard InChI is InChI=1S/C9H14N4OSi/c1-13-7-8(9(5-10)12-13)6-11-14-15(2,3)4/h6-7H,1-4H3/b11-6+. The van der Waals surface area contributed by atoms with E-state index in [9.17, 15) is 0 Å². The van der Waals surface area contributed by atoms with E-state index in [1.165, 1.54) is 6.21 Å². The van der Waals surface area contributed by atoms with Gasteiger partial charge in [0.25, 0.3) is 8.32 Å². The summed E-state index contributed by atoms with van der Waals surface area (Å²) in [6, 6.07) is 2.00. The normalized spacial score (nSPS) is 11.7. The van der Waals surface area contributed by atoms with Crippen molar-refractivity contribution in [3.63, 3.8) is 0 Å². The maximum absolute atomic E-state index is 8.77. The van der Waals surface area contributed by atoms with Crippen LogP contribution in [-0.4, -0.2) is 24.3 Å². The van der Waals surface area contributed by atoms with E-state index in [1.807, 2.05) is 25.7 Å². The molecule has 0 unspecified atom stereocenters. The molecule has 0 aliphatic heterocycles. The van der Waals surface area contributed by atoms with Gasteiger partial charge in [0.15, 0.2) is 5.69 Å². The van der Waals surface area contributed by atoms with E-state index in [0.29, 0.717) is 11.3 Å². The highest BCUT2D eigenvalue weighted by atomic mass is 28.4. The van der Waals surface area contributed by atoms with Crippen LogP contribution in [0.25, 0.3) is 0 Å². The van der Waals surface area contributed by atoms with Gasteiger partial charge in [-0.2, -0.15) is 10.4 Å². The molecule has 0 radical (unpaired) electrons. The second kappa shape index (κ2) is 4.27. The van der Waals surface area contributed by atoms with Crippen LogP contribution in [0.4, 0.5) is 0 Å². The Kier molecular flexibility index (Phi) is 3.27. The van der Waals surface area contributed by atoms with E-state index in [1.54, 1.807) is 17.9 Å². The van der Waals surface area contributed by atoms with E-state index in [4.69, 9.17) is 9.79 Å². The van der Waals surface area contributed by atoms with Crippen molar-refractivity contribution in [2.75, 3.05) is 0 Å². The van der Waals surface area contributed by atoms with E-state index in [2.05, 4.69) is 10.3 Å². The zero-order chi connectivity index (χ0) is 11.5. The number of oxime groups is 1. The summed E-state index contributed by atoms with van der Waals surface area (Å²) < 4.78 is 6.88. The second-order valence-electron chi connectivity index (χ2n) is 4.16. The smallest absolute Gasteiger partial charge is 0.278 e. The number of aromatic nitrogens is 2. The van der Waals surface area contributed by atoms with Gasteiger partial charge < -0.3 is 4.53 Å². The minimum absolute atomic E-state index is 0.362. The molecular weight excluding hydrogens is 208 g/mol. The molecule has 6 heteroatoms. The van der Waals surface area contributed by atoms with Crippen LogP contribution in [0.1, 0.15) is 11.3 Å². The number of nitrogens with zero attached hydrogens (tertiary/aromatic N) is 4. The molecule has 0 atom stereocenters. The molecule has 1 aromatic heterocycles. The third kappa shape index (κ3) is 3.56. The molecule has 0 fully saturated rings. The molecule has 0 bridgehead atoms. The van der Waals surface area contributed by atoms with Crippen molar-refractivity contribution in [2.24, 2.45) is 12.2 Å². The van der Waals surface area contributed by atoms with E-state index < -0.39 is 8.32 Å². The van der Waals surface area contributed by atoms with Crippen LogP contribution in [0.5, 0.6) is 0 Å². The molecule has 0 aliphatic carbocycles. The molecule has 15 heavy (non-hydrogen) atoms. The summed E-state index contributed by atoms with van der Waals surface area (Å²) >= 11 is 0. The van der Waals surface area contributed by atoms with Gasteiger partial charge in [-0.25, -0.2) is 0 Å². The average molecular weight is 222 g/mol. The minimum Gasteiger partial charge on any atom is -0.456 e. The molecule has 0 saturated carbocycles. The van der Waals surface area contributed by atoms with E-state index in [-0.39, 0.29) is 0 Å². The van der Waals surface area contributed by atoms with Gasteiger partial charge in [0.05, 0.1) is 11.8 Å². The van der Waals surface area contributed by atoms with E-state index in [0.717, 1.165) is 0 Å². The summed E-state index contributed by atoms with van der Waals surface area (Å²) in [4.78, 5) is 0. The minimum atomic E-state index is -1.64. The molecule has 0 saturated heterocycles. The molecule has 80 valence electrons. The lowest BCUT2D eigenvalue weighted by atomic mass is 10.3. The first-order valence-electron chi connectivity index (χ1n) is 4.57. The van der Waals surface area contributed by atoms with Crippen molar-refractivity contribution < 1.29 is 4.53 Å². The van der Waals surface area contributed by atoms with E-state index >= 15 is 0 Å². The first kappa shape index (κ1) is 11.5. The zero-order valence-corrected chi connectivity index (χ0v) is 10.4. The molecule has 0 N–H and O–H groups in total. The molecule has 0 aliphatic rings. The Hall–Kier alpha value is -1.61. The van der Waals surface area contributed by atoms with Gasteiger partial charge in [0.2, 0.25) is 0 Å². The zero-order valence-electron chi connectivity index (χ0n) is 9.35. The van der Waals surface area contributed by atoms with Gasteiger partial charge >= 0.3 is 0 Å². The monoisotopic (exact) mass is 222 g/mol.